The average Bonchev–Trinajstić information content (AvgIpc) is 2.04. The molecular weight excluding hydrogens is 167 g/mol. The molecule has 1 atom stereocenters. The van der Waals surface area contributed by atoms with Crippen LogP contribution >= 0.6 is 0 Å². The fourth-order valence-electron chi connectivity index (χ4n) is 1.14. The molecule has 2 heteroatoms. The third kappa shape index (κ3) is 2.00. The highest BCUT2D eigenvalue weighted by molar-refractivity contribution is 5.31. The lowest BCUT2D eigenvalue weighted by Crippen LogP contribution is -2.22. The van der Waals surface area contributed by atoms with E-state index < -0.39 is 5.67 Å². The van der Waals surface area contributed by atoms with Crippen molar-refractivity contribution in [2.75, 3.05) is 0 Å². The Morgan fingerprint density at radius 3 is 2.46 bits per heavy atom. The van der Waals surface area contributed by atoms with Gasteiger partial charge in [0.1, 0.15) is 11.4 Å². The zero-order chi connectivity index (χ0) is 10.1. The average molecular weight is 182 g/mol. The van der Waals surface area contributed by atoms with Crippen molar-refractivity contribution in [2.24, 2.45) is 5.92 Å². The molecule has 13 heavy (non-hydrogen) atoms. The maximum atomic E-state index is 14.0. The molecule has 0 fully saturated rings. The number of hydrogen-bond donors (Lipinski definition) is 1. The topological polar surface area (TPSA) is 20.2 Å². The summed E-state index contributed by atoms with van der Waals surface area (Å²) in [6, 6.07) is 6.37. The molecule has 0 amide bonds. The number of benzene rings is 1. The number of halogens is 1. The zero-order valence-electron chi connectivity index (χ0n) is 8.21. The fraction of sp³-hybridized carbons (Fsp3) is 0.455. The van der Waals surface area contributed by atoms with Crippen molar-refractivity contribution in [3.63, 3.8) is 0 Å². The Hall–Kier alpha value is -1.05. The Kier molecular flexibility index (Phi) is 2.60. The standard InChI is InChI=1S/C11H15FO/c1-8(2)11(3,12)9-5-4-6-10(13)7-9/h4-8,13H,1-3H3. The lowest BCUT2D eigenvalue weighted by molar-refractivity contribution is 0.123. The highest BCUT2D eigenvalue weighted by Gasteiger charge is 2.29. The van der Waals surface area contributed by atoms with Crippen LogP contribution < -0.4 is 0 Å². The van der Waals surface area contributed by atoms with Crippen molar-refractivity contribution in [3.8, 4) is 5.75 Å². The monoisotopic (exact) mass is 182 g/mol. The lowest BCUT2D eigenvalue weighted by atomic mass is 9.87. The molecule has 1 nitrogen and oxygen atoms in total. The molecule has 0 bridgehead atoms. The van der Waals surface area contributed by atoms with Crippen molar-refractivity contribution < 1.29 is 9.50 Å². The van der Waals surface area contributed by atoms with Crippen molar-refractivity contribution in [2.45, 2.75) is 26.4 Å². The van der Waals surface area contributed by atoms with Gasteiger partial charge < -0.3 is 5.11 Å². The molecule has 1 rings (SSSR count). The molecule has 0 saturated heterocycles. The number of hydrogen-bond acceptors (Lipinski definition) is 1. The van der Waals surface area contributed by atoms with E-state index in [1.165, 1.54) is 13.0 Å². The van der Waals surface area contributed by atoms with Gasteiger partial charge >= 0.3 is 0 Å². The first-order valence-corrected chi connectivity index (χ1v) is 4.43. The van der Waals surface area contributed by atoms with Gasteiger partial charge in [0.15, 0.2) is 0 Å². The Morgan fingerprint density at radius 1 is 1.38 bits per heavy atom. The molecular formula is C11H15FO. The first-order valence-electron chi connectivity index (χ1n) is 4.43. The van der Waals surface area contributed by atoms with Crippen LogP contribution in [0.1, 0.15) is 26.3 Å². The minimum absolute atomic E-state index is 0.103. The minimum Gasteiger partial charge on any atom is -0.508 e. The lowest BCUT2D eigenvalue weighted by Gasteiger charge is -2.25. The zero-order valence-corrected chi connectivity index (χ0v) is 8.21. The molecule has 1 aromatic rings. The second-order valence-corrected chi connectivity index (χ2v) is 3.78. The quantitative estimate of drug-likeness (QED) is 0.744. The normalized spacial score (nSPS) is 15.8. The van der Waals surface area contributed by atoms with Crippen LogP contribution in [-0.2, 0) is 5.67 Å². The summed E-state index contributed by atoms with van der Waals surface area (Å²) in [5.41, 5.74) is -0.846. The summed E-state index contributed by atoms with van der Waals surface area (Å²) in [6.45, 7) is 5.18. The molecule has 0 heterocycles. The van der Waals surface area contributed by atoms with Gasteiger partial charge in [-0.05, 0) is 30.5 Å². The van der Waals surface area contributed by atoms with E-state index in [2.05, 4.69) is 0 Å². The molecule has 1 aromatic carbocycles. The van der Waals surface area contributed by atoms with E-state index >= 15 is 0 Å². The van der Waals surface area contributed by atoms with Crippen LogP contribution in [0.3, 0.4) is 0 Å². The third-order valence-electron chi connectivity index (χ3n) is 2.49. The predicted octanol–water partition coefficient (Wildman–Crippen LogP) is 3.23. The van der Waals surface area contributed by atoms with E-state index in [0.29, 0.717) is 5.56 Å². The number of rotatable bonds is 2. The second kappa shape index (κ2) is 3.36. The molecule has 0 aromatic heterocycles. The van der Waals surface area contributed by atoms with Crippen LogP contribution in [-0.4, -0.2) is 5.11 Å². The first-order chi connectivity index (χ1) is 5.94. The van der Waals surface area contributed by atoms with Crippen molar-refractivity contribution in [3.05, 3.63) is 29.8 Å². The van der Waals surface area contributed by atoms with E-state index in [9.17, 15) is 9.50 Å². The molecule has 72 valence electrons. The summed E-state index contributed by atoms with van der Waals surface area (Å²) in [4.78, 5) is 0. The highest BCUT2D eigenvalue weighted by Crippen LogP contribution is 2.34. The molecule has 0 aliphatic rings. The summed E-state index contributed by atoms with van der Waals surface area (Å²) >= 11 is 0. The maximum absolute atomic E-state index is 14.0. The van der Waals surface area contributed by atoms with Crippen LogP contribution in [0.5, 0.6) is 5.75 Å². The highest BCUT2D eigenvalue weighted by atomic mass is 19.1. The van der Waals surface area contributed by atoms with Crippen LogP contribution in [0.4, 0.5) is 4.39 Å². The summed E-state index contributed by atoms with van der Waals surface area (Å²) in [7, 11) is 0. The number of alkyl halides is 1. The van der Waals surface area contributed by atoms with E-state index in [-0.39, 0.29) is 11.7 Å². The van der Waals surface area contributed by atoms with Crippen molar-refractivity contribution in [1.82, 2.24) is 0 Å². The van der Waals surface area contributed by atoms with Gasteiger partial charge in [0.2, 0.25) is 0 Å². The second-order valence-electron chi connectivity index (χ2n) is 3.78. The molecule has 1 N–H and O–H groups in total. The van der Waals surface area contributed by atoms with E-state index in [1.807, 2.05) is 13.8 Å². The fourth-order valence-corrected chi connectivity index (χ4v) is 1.14. The Labute approximate surface area is 78.2 Å². The van der Waals surface area contributed by atoms with E-state index in [0.717, 1.165) is 0 Å². The molecule has 0 radical (unpaired) electrons. The van der Waals surface area contributed by atoms with Gasteiger partial charge in [0.05, 0.1) is 0 Å². The van der Waals surface area contributed by atoms with Gasteiger partial charge in [0, 0.05) is 0 Å². The van der Waals surface area contributed by atoms with Crippen molar-refractivity contribution >= 4 is 0 Å². The van der Waals surface area contributed by atoms with Crippen LogP contribution in [0.2, 0.25) is 0 Å². The van der Waals surface area contributed by atoms with Crippen LogP contribution in [0.25, 0.3) is 0 Å². The van der Waals surface area contributed by atoms with Gasteiger partial charge in [-0.25, -0.2) is 4.39 Å². The van der Waals surface area contributed by atoms with Crippen LogP contribution in [0, 0.1) is 5.92 Å². The van der Waals surface area contributed by atoms with Gasteiger partial charge in [-0.1, -0.05) is 26.0 Å². The van der Waals surface area contributed by atoms with E-state index in [1.54, 1.807) is 18.2 Å². The summed E-state index contributed by atoms with van der Waals surface area (Å²) in [5.74, 6) is 0.0105. The Morgan fingerprint density at radius 2 is 2.00 bits per heavy atom. The number of phenols is 1. The third-order valence-corrected chi connectivity index (χ3v) is 2.49. The van der Waals surface area contributed by atoms with Gasteiger partial charge in [-0.15, -0.1) is 0 Å². The Balaban J connectivity index is 3.07. The van der Waals surface area contributed by atoms with Crippen molar-refractivity contribution in [1.29, 1.82) is 0 Å². The molecule has 0 spiro atoms. The van der Waals surface area contributed by atoms with Crippen LogP contribution in [0.15, 0.2) is 24.3 Å². The van der Waals surface area contributed by atoms with Gasteiger partial charge in [-0.3, -0.25) is 0 Å². The first kappa shape index (κ1) is 10.0. The Bertz CT molecular complexity index is 292. The maximum Gasteiger partial charge on any atom is 0.135 e. The largest absolute Gasteiger partial charge is 0.508 e. The molecule has 0 saturated carbocycles. The number of aromatic hydroxyl groups is 1. The summed E-state index contributed by atoms with van der Waals surface area (Å²) < 4.78 is 14.0. The molecule has 0 aliphatic carbocycles. The molecule has 0 aliphatic heterocycles. The SMILES string of the molecule is CC(C)C(C)(F)c1cccc(O)c1. The summed E-state index contributed by atoms with van der Waals surface area (Å²) in [5, 5.41) is 9.19. The predicted molar refractivity (Wildman–Crippen MR) is 51.4 cm³/mol. The summed E-state index contributed by atoms with van der Waals surface area (Å²) in [6.07, 6.45) is 0. The van der Waals surface area contributed by atoms with Gasteiger partial charge in [0.25, 0.3) is 0 Å². The van der Waals surface area contributed by atoms with E-state index in [4.69, 9.17) is 0 Å². The van der Waals surface area contributed by atoms with Gasteiger partial charge in [-0.2, -0.15) is 0 Å². The smallest absolute Gasteiger partial charge is 0.135 e. The number of phenolic OH excluding ortho intramolecular Hbond substituents is 1. The molecule has 1 unspecified atom stereocenters. The minimum atomic E-state index is -1.38.